The minimum atomic E-state index is -5.19. The zero-order chi connectivity index (χ0) is 24.6. The molecule has 1 saturated carbocycles. The number of carbonyl (C=O) groups excluding carboxylic acids is 2. The molecule has 0 radical (unpaired) electrons. The van der Waals surface area contributed by atoms with Crippen LogP contribution in [0.15, 0.2) is 54.6 Å². The molecular weight excluding hydrogens is 457 g/mol. The van der Waals surface area contributed by atoms with Gasteiger partial charge in [0.2, 0.25) is 0 Å². The zero-order valence-electron chi connectivity index (χ0n) is 19.0. The van der Waals surface area contributed by atoms with Crippen molar-refractivity contribution < 1.29 is 27.5 Å². The summed E-state index contributed by atoms with van der Waals surface area (Å²) in [6, 6.07) is 15.9. The summed E-state index contributed by atoms with van der Waals surface area (Å²) in [7, 11) is 0. The number of hydrogen-bond donors (Lipinski definition) is 1. The van der Waals surface area contributed by atoms with Gasteiger partial charge in [0, 0.05) is 30.2 Å². The first-order chi connectivity index (χ1) is 16.8. The highest BCUT2D eigenvalue weighted by Crippen LogP contribution is 2.33. The molecule has 0 spiro atoms. The summed E-state index contributed by atoms with van der Waals surface area (Å²) in [5.41, 5.74) is 2.81. The Labute approximate surface area is 200 Å². The van der Waals surface area contributed by atoms with Gasteiger partial charge in [0.25, 0.3) is 5.91 Å². The maximum atomic E-state index is 13.1. The number of nitrogens with one attached hydrogen (secondary N) is 1. The molecule has 3 aromatic rings. The van der Waals surface area contributed by atoms with E-state index in [1.54, 1.807) is 30.3 Å². The van der Waals surface area contributed by atoms with E-state index in [9.17, 15) is 22.8 Å². The highest BCUT2D eigenvalue weighted by molar-refractivity contribution is 6.10. The smallest absolute Gasteiger partial charge is 0.418 e. The molecule has 35 heavy (non-hydrogen) atoms. The van der Waals surface area contributed by atoms with Crippen LogP contribution in [-0.4, -0.2) is 42.1 Å². The predicted octanol–water partition coefficient (Wildman–Crippen LogP) is 5.51. The Balaban J connectivity index is 1.40. The third-order valence-electron chi connectivity index (χ3n) is 6.94. The van der Waals surface area contributed by atoms with E-state index in [2.05, 4.69) is 10.2 Å². The second-order valence-electron chi connectivity index (χ2n) is 9.11. The first-order valence-corrected chi connectivity index (χ1v) is 11.8. The van der Waals surface area contributed by atoms with Crippen LogP contribution in [0, 0.1) is 0 Å². The van der Waals surface area contributed by atoms with Crippen molar-refractivity contribution in [3.05, 3.63) is 71.3 Å². The molecule has 1 N–H and O–H groups in total. The van der Waals surface area contributed by atoms with Crippen LogP contribution < -0.4 is 10.1 Å². The first-order valence-electron chi connectivity index (χ1n) is 11.8. The number of anilines is 1. The third-order valence-corrected chi connectivity index (χ3v) is 6.94. The van der Waals surface area contributed by atoms with E-state index < -0.39 is 23.8 Å². The Bertz CT molecular complexity index is 1280. The predicted molar refractivity (Wildman–Crippen MR) is 127 cm³/mol. The van der Waals surface area contributed by atoms with Gasteiger partial charge in [0.05, 0.1) is 5.56 Å². The highest BCUT2D eigenvalue weighted by Gasteiger charge is 2.42. The van der Waals surface area contributed by atoms with Crippen LogP contribution >= 0.6 is 0 Å². The molecule has 3 aromatic carbocycles. The summed E-state index contributed by atoms with van der Waals surface area (Å²) in [6.45, 7) is 1.99. The van der Waals surface area contributed by atoms with Crippen LogP contribution in [0.3, 0.4) is 0 Å². The molecule has 8 heteroatoms. The van der Waals surface area contributed by atoms with Crippen molar-refractivity contribution >= 4 is 28.3 Å². The van der Waals surface area contributed by atoms with Crippen molar-refractivity contribution in [3.63, 3.8) is 0 Å². The van der Waals surface area contributed by atoms with E-state index in [-0.39, 0.29) is 10.9 Å². The number of carbonyl (C=O) groups is 2. The summed E-state index contributed by atoms with van der Waals surface area (Å²) in [4.78, 5) is 27.3. The Morgan fingerprint density at radius 2 is 1.69 bits per heavy atom. The van der Waals surface area contributed by atoms with Gasteiger partial charge in [-0.2, -0.15) is 13.2 Å². The summed E-state index contributed by atoms with van der Waals surface area (Å²) in [6.07, 6.45) is 0.436. The average molecular weight is 483 g/mol. The Kier molecular flexibility index (Phi) is 6.23. The molecule has 1 fully saturated rings. The Hall–Kier alpha value is -3.39. The van der Waals surface area contributed by atoms with Gasteiger partial charge >= 0.3 is 12.1 Å². The van der Waals surface area contributed by atoms with Gasteiger partial charge in [0.1, 0.15) is 0 Å². The maximum Gasteiger partial charge on any atom is 0.491 e. The molecule has 2 aliphatic rings. The highest BCUT2D eigenvalue weighted by atomic mass is 19.4. The number of alkyl halides is 3. The minimum Gasteiger partial charge on any atom is -0.418 e. The SMILES string of the molecule is O=C(Nc1ccc2c(c1)CCN(C1CCC1)CC2)c1ccc2ccccc2c1OC(=O)C(F)(F)F. The van der Waals surface area contributed by atoms with Crippen molar-refractivity contribution in [2.24, 2.45) is 0 Å². The van der Waals surface area contributed by atoms with Crippen LogP contribution in [0.2, 0.25) is 0 Å². The van der Waals surface area contributed by atoms with Gasteiger partial charge in [0.15, 0.2) is 5.75 Å². The molecule has 1 heterocycles. The van der Waals surface area contributed by atoms with Crippen molar-refractivity contribution in [1.29, 1.82) is 0 Å². The van der Waals surface area contributed by atoms with Crippen molar-refractivity contribution in [1.82, 2.24) is 4.90 Å². The topological polar surface area (TPSA) is 58.6 Å². The van der Waals surface area contributed by atoms with E-state index in [1.807, 2.05) is 12.1 Å². The number of rotatable bonds is 4. The zero-order valence-corrected chi connectivity index (χ0v) is 19.0. The number of amides is 1. The Morgan fingerprint density at radius 3 is 2.40 bits per heavy atom. The lowest BCUT2D eigenvalue weighted by atomic mass is 9.91. The molecule has 0 aromatic heterocycles. The fourth-order valence-corrected chi connectivity index (χ4v) is 4.82. The third kappa shape index (κ3) is 4.89. The summed E-state index contributed by atoms with van der Waals surface area (Å²) in [5.74, 6) is -3.43. The molecule has 5 nitrogen and oxygen atoms in total. The fourth-order valence-electron chi connectivity index (χ4n) is 4.82. The summed E-state index contributed by atoms with van der Waals surface area (Å²) in [5, 5.41) is 3.57. The van der Waals surface area contributed by atoms with Crippen LogP contribution in [0.25, 0.3) is 10.8 Å². The van der Waals surface area contributed by atoms with Crippen LogP contribution in [0.1, 0.15) is 40.7 Å². The van der Waals surface area contributed by atoms with Crippen molar-refractivity contribution in [2.45, 2.75) is 44.3 Å². The lowest BCUT2D eigenvalue weighted by molar-refractivity contribution is -0.189. The maximum absolute atomic E-state index is 13.1. The second-order valence-corrected chi connectivity index (χ2v) is 9.11. The van der Waals surface area contributed by atoms with Gasteiger partial charge in [-0.3, -0.25) is 9.69 Å². The number of hydrogen-bond acceptors (Lipinski definition) is 4. The van der Waals surface area contributed by atoms with Gasteiger partial charge in [-0.1, -0.05) is 42.8 Å². The quantitative estimate of drug-likeness (QED) is 0.393. The van der Waals surface area contributed by atoms with Crippen molar-refractivity contribution in [3.8, 4) is 5.75 Å². The van der Waals surface area contributed by atoms with Crippen molar-refractivity contribution in [2.75, 3.05) is 18.4 Å². The molecular formula is C27H25F3N2O3. The number of halogens is 3. The number of benzene rings is 3. The number of esters is 1. The van der Waals surface area contributed by atoms with E-state index in [4.69, 9.17) is 4.74 Å². The molecule has 1 aliphatic heterocycles. The van der Waals surface area contributed by atoms with E-state index in [1.165, 1.54) is 37.0 Å². The minimum absolute atomic E-state index is 0.146. The van der Waals surface area contributed by atoms with E-state index >= 15 is 0 Å². The number of nitrogens with zero attached hydrogens (tertiary/aromatic N) is 1. The van der Waals surface area contributed by atoms with Gasteiger partial charge in [-0.05, 0) is 60.4 Å². The van der Waals surface area contributed by atoms with E-state index in [0.29, 0.717) is 17.1 Å². The number of fused-ring (bicyclic) bond motifs is 2. The molecule has 0 saturated heterocycles. The lowest BCUT2D eigenvalue weighted by Gasteiger charge is -2.36. The molecule has 0 atom stereocenters. The molecule has 1 aliphatic carbocycles. The lowest BCUT2D eigenvalue weighted by Crippen LogP contribution is -2.41. The van der Waals surface area contributed by atoms with Crippen LogP contribution in [0.5, 0.6) is 5.75 Å². The number of ether oxygens (including phenoxy) is 1. The summed E-state index contributed by atoms with van der Waals surface area (Å²) < 4.78 is 43.5. The van der Waals surface area contributed by atoms with Gasteiger partial charge < -0.3 is 10.1 Å². The molecule has 182 valence electrons. The van der Waals surface area contributed by atoms with E-state index in [0.717, 1.165) is 31.5 Å². The molecule has 0 unspecified atom stereocenters. The van der Waals surface area contributed by atoms with Gasteiger partial charge in [-0.15, -0.1) is 0 Å². The fraction of sp³-hybridized carbons (Fsp3) is 0.333. The van der Waals surface area contributed by atoms with Crippen LogP contribution in [-0.2, 0) is 17.6 Å². The largest absolute Gasteiger partial charge is 0.491 e. The molecule has 1 amide bonds. The summed E-state index contributed by atoms with van der Waals surface area (Å²) >= 11 is 0. The van der Waals surface area contributed by atoms with Gasteiger partial charge in [-0.25, -0.2) is 4.79 Å². The second kappa shape index (κ2) is 9.34. The normalized spacial score (nSPS) is 16.8. The molecule has 5 rings (SSSR count). The first kappa shape index (κ1) is 23.4. The standard InChI is InChI=1S/C27H25F3N2O3/c28-27(29,30)26(34)35-24-22-7-2-1-4-18(22)9-11-23(24)25(33)31-20-10-8-17-12-14-32(21-5-3-6-21)15-13-19(17)16-20/h1-2,4,7-11,16,21H,3,5-6,12-15H2,(H,31,33). The van der Waals surface area contributed by atoms with Crippen LogP contribution in [0.4, 0.5) is 18.9 Å². The monoisotopic (exact) mass is 482 g/mol. The molecule has 0 bridgehead atoms. The average Bonchev–Trinajstić information content (AvgIpc) is 3.00. The Morgan fingerprint density at radius 1 is 0.943 bits per heavy atom.